The second-order valence-corrected chi connectivity index (χ2v) is 5.98. The van der Waals surface area contributed by atoms with E-state index in [-0.39, 0.29) is 11.7 Å². The van der Waals surface area contributed by atoms with Gasteiger partial charge in [0.1, 0.15) is 0 Å². The normalized spacial score (nSPS) is 17.0. The van der Waals surface area contributed by atoms with Crippen LogP contribution in [0.15, 0.2) is 24.5 Å². The lowest BCUT2D eigenvalue weighted by atomic mass is 9.91. The van der Waals surface area contributed by atoms with Gasteiger partial charge in [0.05, 0.1) is 0 Å². The van der Waals surface area contributed by atoms with Gasteiger partial charge in [-0.3, -0.25) is 9.67 Å². The number of rotatable bonds is 6. The number of pyridine rings is 1. The molecule has 0 aliphatic heterocycles. The van der Waals surface area contributed by atoms with Crippen molar-refractivity contribution >= 4 is 5.97 Å². The first-order valence-electron chi connectivity index (χ1n) is 8.13. The first kappa shape index (κ1) is 15.7. The zero-order valence-electron chi connectivity index (χ0n) is 13.3. The molecule has 1 atom stereocenters. The van der Waals surface area contributed by atoms with Crippen molar-refractivity contribution in [3.63, 3.8) is 0 Å². The minimum Gasteiger partial charge on any atom is -0.476 e. The maximum absolute atomic E-state index is 11.5. The summed E-state index contributed by atoms with van der Waals surface area (Å²) in [4.78, 5) is 15.5. The van der Waals surface area contributed by atoms with Crippen LogP contribution in [0.4, 0.5) is 0 Å². The van der Waals surface area contributed by atoms with Gasteiger partial charge in [-0.2, -0.15) is 5.10 Å². The Morgan fingerprint density at radius 2 is 2.22 bits per heavy atom. The molecule has 0 spiro atoms. The van der Waals surface area contributed by atoms with Gasteiger partial charge in [-0.05, 0) is 43.4 Å². The Morgan fingerprint density at radius 1 is 1.43 bits per heavy atom. The quantitative estimate of drug-likeness (QED) is 0.853. The highest BCUT2D eigenvalue weighted by atomic mass is 16.4. The molecule has 0 bridgehead atoms. The molecule has 2 aromatic heterocycles. The van der Waals surface area contributed by atoms with Gasteiger partial charge in [0, 0.05) is 42.8 Å². The molecule has 0 saturated carbocycles. The number of nitrogens with zero attached hydrogens (tertiary/aromatic N) is 3. The second-order valence-electron chi connectivity index (χ2n) is 5.98. The number of aromatic carboxylic acids is 1. The zero-order chi connectivity index (χ0) is 16.2. The molecule has 2 N–H and O–H groups in total. The third-order valence-electron chi connectivity index (χ3n) is 4.33. The van der Waals surface area contributed by atoms with E-state index in [2.05, 4.69) is 22.3 Å². The van der Waals surface area contributed by atoms with Crippen LogP contribution in [0.2, 0.25) is 0 Å². The fraction of sp³-hybridized carbons (Fsp3) is 0.471. The topological polar surface area (TPSA) is 80.0 Å². The van der Waals surface area contributed by atoms with Crippen molar-refractivity contribution in [3.8, 4) is 0 Å². The third-order valence-corrected chi connectivity index (χ3v) is 4.33. The standard InChI is InChI=1S/C17H22N4O2/c1-2-9-21-15-4-3-13(10-14(15)16(20-21)17(22)23)19-11-12-5-7-18-8-6-12/h5-8,13,19H,2-4,9-11H2,1H3,(H,22,23). The molecule has 1 aliphatic rings. The molecule has 3 rings (SSSR count). The fourth-order valence-corrected chi connectivity index (χ4v) is 3.19. The molecular weight excluding hydrogens is 292 g/mol. The maximum Gasteiger partial charge on any atom is 0.356 e. The number of hydrogen-bond acceptors (Lipinski definition) is 4. The van der Waals surface area contributed by atoms with E-state index in [1.54, 1.807) is 12.4 Å². The van der Waals surface area contributed by atoms with Crippen LogP contribution in [-0.2, 0) is 25.9 Å². The third kappa shape index (κ3) is 3.42. The van der Waals surface area contributed by atoms with Crippen molar-refractivity contribution in [3.05, 3.63) is 47.0 Å². The Kier molecular flexibility index (Phi) is 4.71. The molecule has 0 fully saturated rings. The Morgan fingerprint density at radius 3 is 2.91 bits per heavy atom. The summed E-state index contributed by atoms with van der Waals surface area (Å²) in [6.07, 6.45) is 7.14. The van der Waals surface area contributed by atoms with E-state index in [0.717, 1.165) is 50.0 Å². The number of carboxylic acids is 1. The lowest BCUT2D eigenvalue weighted by Crippen LogP contribution is -2.34. The largest absolute Gasteiger partial charge is 0.476 e. The minimum atomic E-state index is -0.925. The molecule has 6 nitrogen and oxygen atoms in total. The van der Waals surface area contributed by atoms with E-state index in [0.29, 0.717) is 0 Å². The lowest BCUT2D eigenvalue weighted by molar-refractivity contribution is 0.0688. The van der Waals surface area contributed by atoms with Crippen LogP contribution in [0, 0.1) is 0 Å². The predicted molar refractivity (Wildman–Crippen MR) is 86.4 cm³/mol. The molecule has 0 aromatic carbocycles. The molecule has 2 heterocycles. The molecule has 23 heavy (non-hydrogen) atoms. The second kappa shape index (κ2) is 6.91. The smallest absolute Gasteiger partial charge is 0.356 e. The average molecular weight is 314 g/mol. The van der Waals surface area contributed by atoms with Crippen LogP contribution in [0.3, 0.4) is 0 Å². The lowest BCUT2D eigenvalue weighted by Gasteiger charge is -2.24. The highest BCUT2D eigenvalue weighted by molar-refractivity contribution is 5.87. The molecule has 1 unspecified atom stereocenters. The highest BCUT2D eigenvalue weighted by Gasteiger charge is 2.28. The summed E-state index contributed by atoms with van der Waals surface area (Å²) < 4.78 is 1.89. The summed E-state index contributed by atoms with van der Waals surface area (Å²) in [6.45, 7) is 3.63. The van der Waals surface area contributed by atoms with E-state index >= 15 is 0 Å². The van der Waals surface area contributed by atoms with Crippen LogP contribution >= 0.6 is 0 Å². The number of fused-ring (bicyclic) bond motifs is 1. The molecule has 2 aromatic rings. The molecule has 6 heteroatoms. The van der Waals surface area contributed by atoms with Crippen LogP contribution in [-0.4, -0.2) is 31.9 Å². The number of nitrogens with one attached hydrogen (secondary N) is 1. The molecule has 122 valence electrons. The highest BCUT2D eigenvalue weighted by Crippen LogP contribution is 2.25. The van der Waals surface area contributed by atoms with E-state index in [9.17, 15) is 9.90 Å². The Labute approximate surface area is 135 Å². The Balaban J connectivity index is 1.73. The summed E-state index contributed by atoms with van der Waals surface area (Å²) in [5.74, 6) is -0.925. The number of aromatic nitrogens is 3. The summed E-state index contributed by atoms with van der Waals surface area (Å²) in [7, 11) is 0. The van der Waals surface area contributed by atoms with Crippen molar-refractivity contribution in [1.82, 2.24) is 20.1 Å². The van der Waals surface area contributed by atoms with E-state index in [4.69, 9.17) is 0 Å². The van der Waals surface area contributed by atoms with Crippen molar-refractivity contribution < 1.29 is 9.90 Å². The van der Waals surface area contributed by atoms with Crippen LogP contribution in [0.1, 0.15) is 47.1 Å². The van der Waals surface area contributed by atoms with Crippen molar-refractivity contribution in [2.75, 3.05) is 0 Å². The van der Waals surface area contributed by atoms with E-state index in [1.165, 1.54) is 5.56 Å². The summed E-state index contributed by atoms with van der Waals surface area (Å²) in [5, 5.41) is 17.3. The minimum absolute atomic E-state index is 0.226. The van der Waals surface area contributed by atoms with Crippen molar-refractivity contribution in [2.45, 2.75) is 51.7 Å². The van der Waals surface area contributed by atoms with Crippen molar-refractivity contribution in [1.29, 1.82) is 0 Å². The van der Waals surface area contributed by atoms with Gasteiger partial charge in [-0.25, -0.2) is 4.79 Å². The SMILES string of the molecule is CCCn1nc(C(=O)O)c2c1CCC(NCc1ccncc1)C2. The number of carbonyl (C=O) groups is 1. The van der Waals surface area contributed by atoms with Crippen molar-refractivity contribution in [2.24, 2.45) is 0 Å². The number of hydrogen-bond donors (Lipinski definition) is 2. The summed E-state index contributed by atoms with van der Waals surface area (Å²) in [5.41, 5.74) is 3.42. The molecule has 0 amide bonds. The predicted octanol–water partition coefficient (Wildman–Crippen LogP) is 2.03. The maximum atomic E-state index is 11.5. The monoisotopic (exact) mass is 314 g/mol. The Hall–Kier alpha value is -2.21. The number of aryl methyl sites for hydroxylation is 1. The first-order chi connectivity index (χ1) is 11.2. The van der Waals surface area contributed by atoms with Crippen LogP contribution in [0.25, 0.3) is 0 Å². The average Bonchev–Trinajstić information content (AvgIpc) is 2.93. The molecular formula is C17H22N4O2. The van der Waals surface area contributed by atoms with Gasteiger partial charge in [-0.1, -0.05) is 6.92 Å². The van der Waals surface area contributed by atoms with Gasteiger partial charge in [0.25, 0.3) is 0 Å². The summed E-state index contributed by atoms with van der Waals surface area (Å²) >= 11 is 0. The van der Waals surface area contributed by atoms with Gasteiger partial charge >= 0.3 is 5.97 Å². The van der Waals surface area contributed by atoms with Gasteiger partial charge in [0.2, 0.25) is 0 Å². The van der Waals surface area contributed by atoms with Gasteiger partial charge in [-0.15, -0.1) is 0 Å². The van der Waals surface area contributed by atoms with Crippen LogP contribution < -0.4 is 5.32 Å². The molecule has 0 radical (unpaired) electrons. The zero-order valence-corrected chi connectivity index (χ0v) is 13.3. The fourth-order valence-electron chi connectivity index (χ4n) is 3.19. The first-order valence-corrected chi connectivity index (χ1v) is 8.13. The van der Waals surface area contributed by atoms with E-state index < -0.39 is 5.97 Å². The van der Waals surface area contributed by atoms with Crippen LogP contribution in [0.5, 0.6) is 0 Å². The molecule has 0 saturated heterocycles. The van der Waals surface area contributed by atoms with Gasteiger partial charge in [0.15, 0.2) is 5.69 Å². The van der Waals surface area contributed by atoms with Gasteiger partial charge < -0.3 is 10.4 Å². The molecule has 1 aliphatic carbocycles. The number of carboxylic acid groups (broad SMARTS) is 1. The Bertz CT molecular complexity index is 681. The summed E-state index contributed by atoms with van der Waals surface area (Å²) in [6, 6.07) is 4.26. The van der Waals surface area contributed by atoms with E-state index in [1.807, 2.05) is 16.8 Å².